The lowest BCUT2D eigenvalue weighted by molar-refractivity contribution is 0.0600. The largest absolute Gasteiger partial charge is 0.506 e. The smallest absolute Gasteiger partial charge is 0.337 e. The lowest BCUT2D eigenvalue weighted by atomic mass is 9.86. The number of hydrogen-bond donors (Lipinski definition) is 2. The van der Waals surface area contributed by atoms with Gasteiger partial charge in [-0.25, -0.2) is 10.2 Å². The molecule has 0 saturated carbocycles. The predicted octanol–water partition coefficient (Wildman–Crippen LogP) is 5.36. The number of ether oxygens (including phenoxy) is 1. The predicted molar refractivity (Wildman–Crippen MR) is 128 cm³/mol. The highest BCUT2D eigenvalue weighted by molar-refractivity contribution is 7.14. The molecule has 0 aliphatic heterocycles. The average molecular weight is 451 g/mol. The average Bonchev–Trinajstić information content (AvgIpc) is 3.17. The van der Waals surface area contributed by atoms with Crippen molar-refractivity contribution in [3.8, 4) is 16.2 Å². The molecule has 0 aliphatic rings. The number of hydrogen-bond acceptors (Lipinski definition) is 6. The van der Waals surface area contributed by atoms with Crippen molar-refractivity contribution in [1.29, 1.82) is 0 Å². The molecular formula is C25H26N2O4S. The van der Waals surface area contributed by atoms with Gasteiger partial charge in [-0.1, -0.05) is 45.0 Å². The standard InChI is InChI=1S/C25H26N2O4S/c1-15(26-27-23(29)17-6-8-18(9-7-17)24(30)31-5)20-14-32-22(21(20)28)16-10-12-19(13-11-16)25(2,3)4/h6-14,28H,1-5H3,(H,27,29). The van der Waals surface area contributed by atoms with Crippen molar-refractivity contribution in [1.82, 2.24) is 5.43 Å². The van der Waals surface area contributed by atoms with Gasteiger partial charge in [0.25, 0.3) is 5.91 Å². The fourth-order valence-corrected chi connectivity index (χ4v) is 4.08. The Bertz CT molecular complexity index is 1150. The highest BCUT2D eigenvalue weighted by Gasteiger charge is 2.17. The highest BCUT2D eigenvalue weighted by atomic mass is 32.1. The Balaban J connectivity index is 1.74. The van der Waals surface area contributed by atoms with E-state index in [9.17, 15) is 14.7 Å². The number of nitrogens with one attached hydrogen (secondary N) is 1. The summed E-state index contributed by atoms with van der Waals surface area (Å²) >= 11 is 1.42. The Hall–Kier alpha value is -3.45. The quantitative estimate of drug-likeness (QED) is 0.311. The molecule has 2 aromatic carbocycles. The summed E-state index contributed by atoms with van der Waals surface area (Å²) < 4.78 is 4.65. The van der Waals surface area contributed by atoms with Gasteiger partial charge in [-0.3, -0.25) is 4.79 Å². The summed E-state index contributed by atoms with van der Waals surface area (Å²) in [5.41, 5.74) is 6.44. The third-order valence-electron chi connectivity index (χ3n) is 5.06. The first-order valence-corrected chi connectivity index (χ1v) is 10.9. The van der Waals surface area contributed by atoms with Crippen molar-refractivity contribution in [3.63, 3.8) is 0 Å². The summed E-state index contributed by atoms with van der Waals surface area (Å²) in [6, 6.07) is 14.2. The second-order valence-corrected chi connectivity index (χ2v) is 9.24. The fourth-order valence-electron chi connectivity index (χ4n) is 3.07. The molecule has 2 N–H and O–H groups in total. The normalized spacial score (nSPS) is 11.8. The second-order valence-electron chi connectivity index (χ2n) is 8.36. The first-order chi connectivity index (χ1) is 15.1. The fraction of sp³-hybridized carbons (Fsp3) is 0.240. The minimum Gasteiger partial charge on any atom is -0.506 e. The maximum atomic E-state index is 12.4. The van der Waals surface area contributed by atoms with Crippen molar-refractivity contribution in [3.05, 3.63) is 76.2 Å². The van der Waals surface area contributed by atoms with Crippen LogP contribution in [0.3, 0.4) is 0 Å². The molecule has 0 bridgehead atoms. The lowest BCUT2D eigenvalue weighted by Crippen LogP contribution is -2.19. The van der Waals surface area contributed by atoms with Gasteiger partial charge in [0.15, 0.2) is 0 Å². The molecule has 166 valence electrons. The number of carbonyl (C=O) groups is 2. The van der Waals surface area contributed by atoms with Gasteiger partial charge in [0.2, 0.25) is 0 Å². The van der Waals surface area contributed by atoms with Crippen LogP contribution in [0.5, 0.6) is 5.75 Å². The van der Waals surface area contributed by atoms with E-state index in [0.29, 0.717) is 22.4 Å². The van der Waals surface area contributed by atoms with Crippen LogP contribution in [0.25, 0.3) is 10.4 Å². The topological polar surface area (TPSA) is 88.0 Å². The Morgan fingerprint density at radius 2 is 1.59 bits per heavy atom. The number of rotatable bonds is 5. The molecule has 0 atom stereocenters. The molecular weight excluding hydrogens is 424 g/mol. The first-order valence-electron chi connectivity index (χ1n) is 10.1. The van der Waals surface area contributed by atoms with Crippen molar-refractivity contribution in [2.24, 2.45) is 5.10 Å². The number of benzene rings is 2. The van der Waals surface area contributed by atoms with Crippen molar-refractivity contribution in [2.75, 3.05) is 7.11 Å². The Morgan fingerprint density at radius 1 is 1.00 bits per heavy atom. The van der Waals surface area contributed by atoms with Crippen LogP contribution in [-0.4, -0.2) is 29.8 Å². The van der Waals surface area contributed by atoms with Gasteiger partial charge >= 0.3 is 5.97 Å². The summed E-state index contributed by atoms with van der Waals surface area (Å²) in [7, 11) is 1.30. The maximum Gasteiger partial charge on any atom is 0.337 e. The molecule has 0 aliphatic carbocycles. The number of aromatic hydroxyl groups is 1. The van der Waals surface area contributed by atoms with Gasteiger partial charge in [-0.05, 0) is 47.7 Å². The van der Waals surface area contributed by atoms with E-state index in [1.807, 2.05) is 17.5 Å². The lowest BCUT2D eigenvalue weighted by Gasteiger charge is -2.19. The van der Waals surface area contributed by atoms with Gasteiger partial charge in [-0.15, -0.1) is 11.3 Å². The SMILES string of the molecule is COC(=O)c1ccc(C(=O)NN=C(C)c2csc(-c3ccc(C(C)(C)C)cc3)c2O)cc1. The molecule has 0 saturated heterocycles. The molecule has 1 amide bonds. The zero-order valence-corrected chi connectivity index (χ0v) is 19.5. The van der Waals surface area contributed by atoms with E-state index in [2.05, 4.69) is 48.2 Å². The molecule has 3 aromatic rings. The molecule has 0 fully saturated rings. The minimum absolute atomic E-state index is 0.0578. The highest BCUT2D eigenvalue weighted by Crippen LogP contribution is 2.39. The molecule has 0 unspecified atom stereocenters. The zero-order valence-electron chi connectivity index (χ0n) is 18.7. The van der Waals surface area contributed by atoms with Crippen LogP contribution in [0.1, 0.15) is 59.5 Å². The number of esters is 1. The van der Waals surface area contributed by atoms with Gasteiger partial charge in [0, 0.05) is 10.9 Å². The number of methoxy groups -OCH3 is 1. The zero-order chi connectivity index (χ0) is 23.5. The van der Waals surface area contributed by atoms with Crippen LogP contribution in [-0.2, 0) is 10.2 Å². The molecule has 1 aromatic heterocycles. The summed E-state index contributed by atoms with van der Waals surface area (Å²) in [6.45, 7) is 8.19. The van der Waals surface area contributed by atoms with Crippen LogP contribution < -0.4 is 5.43 Å². The van der Waals surface area contributed by atoms with Crippen molar-refractivity contribution in [2.45, 2.75) is 33.1 Å². The molecule has 6 nitrogen and oxygen atoms in total. The van der Waals surface area contributed by atoms with E-state index >= 15 is 0 Å². The second kappa shape index (κ2) is 9.36. The number of hydrazone groups is 1. The van der Waals surface area contributed by atoms with Gasteiger partial charge in [-0.2, -0.15) is 5.10 Å². The van der Waals surface area contributed by atoms with E-state index in [0.717, 1.165) is 10.4 Å². The number of nitrogens with zero attached hydrogens (tertiary/aromatic N) is 1. The van der Waals surface area contributed by atoms with Crippen LogP contribution in [0, 0.1) is 0 Å². The van der Waals surface area contributed by atoms with E-state index in [1.165, 1.54) is 48.3 Å². The third kappa shape index (κ3) is 5.06. The van der Waals surface area contributed by atoms with E-state index < -0.39 is 11.9 Å². The first kappa shape index (κ1) is 23.2. The number of thiophene rings is 1. The monoisotopic (exact) mass is 450 g/mol. The molecule has 3 rings (SSSR count). The number of carbonyl (C=O) groups excluding carboxylic acids is 2. The minimum atomic E-state index is -0.470. The Labute approximate surface area is 191 Å². The maximum absolute atomic E-state index is 12.4. The summed E-state index contributed by atoms with van der Waals surface area (Å²) in [6.07, 6.45) is 0. The third-order valence-corrected chi connectivity index (χ3v) is 6.08. The van der Waals surface area contributed by atoms with Gasteiger partial charge in [0.1, 0.15) is 5.75 Å². The van der Waals surface area contributed by atoms with E-state index in [4.69, 9.17) is 0 Å². The van der Waals surface area contributed by atoms with Crippen molar-refractivity contribution >= 4 is 28.9 Å². The molecule has 32 heavy (non-hydrogen) atoms. The van der Waals surface area contributed by atoms with Gasteiger partial charge in [0.05, 0.1) is 28.8 Å². The van der Waals surface area contributed by atoms with Crippen LogP contribution >= 0.6 is 11.3 Å². The molecule has 1 heterocycles. The van der Waals surface area contributed by atoms with E-state index in [-0.39, 0.29) is 11.2 Å². The summed E-state index contributed by atoms with van der Waals surface area (Å²) in [5.74, 6) is -0.757. The summed E-state index contributed by atoms with van der Waals surface area (Å²) in [4.78, 5) is 24.6. The molecule has 0 radical (unpaired) electrons. The molecule has 0 spiro atoms. The van der Waals surface area contributed by atoms with Crippen LogP contribution in [0.2, 0.25) is 0 Å². The summed E-state index contributed by atoms with van der Waals surface area (Å²) in [5, 5.41) is 16.7. The van der Waals surface area contributed by atoms with Gasteiger partial charge < -0.3 is 9.84 Å². The Morgan fingerprint density at radius 3 is 2.16 bits per heavy atom. The van der Waals surface area contributed by atoms with Crippen LogP contribution in [0.15, 0.2) is 59.0 Å². The van der Waals surface area contributed by atoms with Crippen molar-refractivity contribution < 1.29 is 19.4 Å². The molecule has 7 heteroatoms. The van der Waals surface area contributed by atoms with E-state index in [1.54, 1.807) is 6.92 Å². The van der Waals surface area contributed by atoms with Crippen LogP contribution in [0.4, 0.5) is 0 Å². The Kier molecular flexibility index (Phi) is 6.79. The number of amides is 1.